The van der Waals surface area contributed by atoms with Crippen LogP contribution in [0.3, 0.4) is 0 Å². The lowest BCUT2D eigenvalue weighted by Crippen LogP contribution is -2.29. The Labute approximate surface area is 137 Å². The molecule has 0 saturated carbocycles. The van der Waals surface area contributed by atoms with Gasteiger partial charge in [-0.25, -0.2) is 16.8 Å². The third-order valence-electron chi connectivity index (χ3n) is 4.06. The van der Waals surface area contributed by atoms with Crippen molar-refractivity contribution in [1.82, 2.24) is 5.32 Å². The number of carbonyl (C=O) groups is 1. The van der Waals surface area contributed by atoms with Gasteiger partial charge in [0.15, 0.2) is 9.84 Å². The van der Waals surface area contributed by atoms with Gasteiger partial charge < -0.3 is 5.32 Å². The summed E-state index contributed by atoms with van der Waals surface area (Å²) in [4.78, 5) is 12.2. The molecule has 0 unspecified atom stereocenters. The van der Waals surface area contributed by atoms with Crippen LogP contribution in [-0.4, -0.2) is 47.0 Å². The molecule has 1 amide bonds. The molecule has 0 aromatic heterocycles. The van der Waals surface area contributed by atoms with Gasteiger partial charge >= 0.3 is 0 Å². The molecular formula is C15H21NO5S2. The van der Waals surface area contributed by atoms with Crippen molar-refractivity contribution in [2.45, 2.75) is 24.2 Å². The van der Waals surface area contributed by atoms with Gasteiger partial charge in [0.2, 0.25) is 0 Å². The Morgan fingerprint density at radius 3 is 2.26 bits per heavy atom. The van der Waals surface area contributed by atoms with Crippen molar-refractivity contribution < 1.29 is 21.6 Å². The van der Waals surface area contributed by atoms with Gasteiger partial charge in [0, 0.05) is 18.4 Å². The molecule has 8 heteroatoms. The van der Waals surface area contributed by atoms with Crippen LogP contribution >= 0.6 is 0 Å². The number of benzene rings is 1. The first-order valence-corrected chi connectivity index (χ1v) is 11.2. The van der Waals surface area contributed by atoms with Gasteiger partial charge in [-0.3, -0.25) is 4.79 Å². The van der Waals surface area contributed by atoms with Gasteiger partial charge in [-0.05, 0) is 49.4 Å². The molecule has 128 valence electrons. The Bertz CT molecular complexity index is 753. The van der Waals surface area contributed by atoms with Crippen LogP contribution in [0.15, 0.2) is 29.2 Å². The molecule has 0 aliphatic carbocycles. The van der Waals surface area contributed by atoms with Crippen LogP contribution in [0, 0.1) is 5.92 Å². The number of carbonyl (C=O) groups excluding carboxylic acids is 1. The van der Waals surface area contributed by atoms with Crippen LogP contribution in [0.1, 0.15) is 29.6 Å². The lowest BCUT2D eigenvalue weighted by atomic mass is 9.99. The second kappa shape index (κ2) is 7.00. The van der Waals surface area contributed by atoms with E-state index < -0.39 is 19.7 Å². The number of amides is 1. The summed E-state index contributed by atoms with van der Waals surface area (Å²) in [5.41, 5.74) is 0.406. The van der Waals surface area contributed by atoms with Gasteiger partial charge in [0.25, 0.3) is 5.91 Å². The van der Waals surface area contributed by atoms with E-state index >= 15 is 0 Å². The molecule has 0 atom stereocenters. The average Bonchev–Trinajstić information content (AvgIpc) is 2.48. The van der Waals surface area contributed by atoms with Gasteiger partial charge in [0.1, 0.15) is 9.84 Å². The minimum atomic E-state index is -3.27. The molecule has 0 spiro atoms. The van der Waals surface area contributed by atoms with Gasteiger partial charge in [0.05, 0.1) is 16.4 Å². The highest BCUT2D eigenvalue weighted by atomic mass is 32.2. The van der Waals surface area contributed by atoms with Crippen molar-refractivity contribution in [3.05, 3.63) is 29.8 Å². The molecule has 1 aromatic carbocycles. The van der Waals surface area contributed by atoms with Crippen LogP contribution in [0.5, 0.6) is 0 Å². The monoisotopic (exact) mass is 359 g/mol. The van der Waals surface area contributed by atoms with Gasteiger partial charge in [-0.1, -0.05) is 0 Å². The third kappa shape index (κ3) is 5.31. The maximum Gasteiger partial charge on any atom is 0.251 e. The van der Waals surface area contributed by atoms with Crippen molar-refractivity contribution in [3.8, 4) is 0 Å². The first-order chi connectivity index (χ1) is 10.7. The smallest absolute Gasteiger partial charge is 0.251 e. The summed E-state index contributed by atoms with van der Waals surface area (Å²) in [6.07, 6.45) is 3.18. The van der Waals surface area contributed by atoms with E-state index in [2.05, 4.69) is 5.32 Å². The maximum atomic E-state index is 12.0. The molecule has 2 rings (SSSR count). The Balaban J connectivity index is 1.81. The highest BCUT2D eigenvalue weighted by molar-refractivity contribution is 7.91. The van der Waals surface area contributed by atoms with Crippen molar-refractivity contribution in [2.75, 3.05) is 24.3 Å². The molecule has 1 aliphatic rings. The lowest BCUT2D eigenvalue weighted by Gasteiger charge is -2.21. The topological polar surface area (TPSA) is 97.4 Å². The highest BCUT2D eigenvalue weighted by Crippen LogP contribution is 2.21. The fraction of sp³-hybridized carbons (Fsp3) is 0.533. The molecule has 1 aliphatic heterocycles. The number of hydrogen-bond donors (Lipinski definition) is 1. The fourth-order valence-corrected chi connectivity index (χ4v) is 4.79. The van der Waals surface area contributed by atoms with Crippen LogP contribution < -0.4 is 5.32 Å². The largest absolute Gasteiger partial charge is 0.352 e. The van der Waals surface area contributed by atoms with Crippen molar-refractivity contribution in [1.29, 1.82) is 0 Å². The van der Waals surface area contributed by atoms with E-state index in [1.807, 2.05) is 0 Å². The average molecular weight is 359 g/mol. The Hall–Kier alpha value is -1.41. The molecule has 1 fully saturated rings. The van der Waals surface area contributed by atoms with E-state index in [1.54, 1.807) is 0 Å². The Kier molecular flexibility index (Phi) is 5.46. The third-order valence-corrected chi connectivity index (χ3v) is 6.90. The molecule has 1 N–H and O–H groups in total. The summed E-state index contributed by atoms with van der Waals surface area (Å²) in [6.45, 7) is 0.484. The summed E-state index contributed by atoms with van der Waals surface area (Å²) >= 11 is 0. The predicted octanol–water partition coefficient (Wildman–Crippen LogP) is 1.03. The molecule has 0 bridgehead atoms. The van der Waals surface area contributed by atoms with Crippen LogP contribution in [0.4, 0.5) is 0 Å². The number of sulfone groups is 2. The van der Waals surface area contributed by atoms with E-state index in [9.17, 15) is 21.6 Å². The highest BCUT2D eigenvalue weighted by Gasteiger charge is 2.23. The molecule has 1 heterocycles. The summed E-state index contributed by atoms with van der Waals surface area (Å²) in [7, 11) is -6.12. The molecule has 0 radical (unpaired) electrons. The van der Waals surface area contributed by atoms with Crippen LogP contribution in [-0.2, 0) is 19.7 Å². The number of nitrogens with one attached hydrogen (secondary N) is 1. The lowest BCUT2D eigenvalue weighted by molar-refractivity contribution is 0.0951. The zero-order valence-electron chi connectivity index (χ0n) is 13.0. The summed E-state index contributed by atoms with van der Waals surface area (Å²) in [6, 6.07) is 5.80. The second-order valence-electron chi connectivity index (χ2n) is 5.94. The van der Waals surface area contributed by atoms with E-state index in [0.29, 0.717) is 30.9 Å². The van der Waals surface area contributed by atoms with Crippen LogP contribution in [0.25, 0.3) is 0 Å². The molecule has 1 aromatic rings. The molecule has 1 saturated heterocycles. The zero-order valence-corrected chi connectivity index (χ0v) is 14.6. The summed E-state index contributed by atoms with van der Waals surface area (Å²) < 4.78 is 45.4. The second-order valence-corrected chi connectivity index (χ2v) is 10.3. The van der Waals surface area contributed by atoms with E-state index in [4.69, 9.17) is 0 Å². The first kappa shape index (κ1) is 17.9. The standard InChI is InChI=1S/C15H21NO5S2/c1-22(18,19)14-4-2-13(3-5-14)15(17)16-9-6-12-7-10-23(20,21)11-8-12/h2-5,12H,6-11H2,1H3,(H,16,17). The minimum absolute atomic E-state index is 0.178. The summed E-state index contributed by atoms with van der Waals surface area (Å²) in [5.74, 6) is 0.539. The first-order valence-electron chi connectivity index (χ1n) is 7.46. The van der Waals surface area contributed by atoms with Gasteiger partial charge in [-0.15, -0.1) is 0 Å². The summed E-state index contributed by atoms with van der Waals surface area (Å²) in [5, 5.41) is 2.79. The normalized spacial score (nSPS) is 18.5. The Morgan fingerprint density at radius 1 is 1.17 bits per heavy atom. The maximum absolute atomic E-state index is 12.0. The van der Waals surface area contributed by atoms with Crippen molar-refractivity contribution >= 4 is 25.6 Å². The van der Waals surface area contributed by atoms with Crippen molar-refractivity contribution in [2.24, 2.45) is 5.92 Å². The molecule has 23 heavy (non-hydrogen) atoms. The van der Waals surface area contributed by atoms with E-state index in [-0.39, 0.29) is 22.3 Å². The zero-order chi connectivity index (χ0) is 17.1. The number of rotatable bonds is 5. The predicted molar refractivity (Wildman–Crippen MR) is 87.9 cm³/mol. The Morgan fingerprint density at radius 2 is 1.74 bits per heavy atom. The molecular weight excluding hydrogens is 338 g/mol. The SMILES string of the molecule is CS(=O)(=O)c1ccc(C(=O)NCCC2CCS(=O)(=O)CC2)cc1. The minimum Gasteiger partial charge on any atom is -0.352 e. The fourth-order valence-electron chi connectivity index (χ4n) is 2.57. The van der Waals surface area contributed by atoms with Crippen molar-refractivity contribution in [3.63, 3.8) is 0 Å². The van der Waals surface area contributed by atoms with E-state index in [0.717, 1.165) is 12.7 Å². The number of hydrogen-bond acceptors (Lipinski definition) is 5. The van der Waals surface area contributed by atoms with E-state index in [1.165, 1.54) is 24.3 Å². The quantitative estimate of drug-likeness (QED) is 0.847. The van der Waals surface area contributed by atoms with Crippen LogP contribution in [0.2, 0.25) is 0 Å². The molecule has 6 nitrogen and oxygen atoms in total. The van der Waals surface area contributed by atoms with Gasteiger partial charge in [-0.2, -0.15) is 0 Å².